The van der Waals surface area contributed by atoms with Gasteiger partial charge in [-0.15, -0.1) is 0 Å². The van der Waals surface area contributed by atoms with E-state index in [4.69, 9.17) is 5.73 Å². The van der Waals surface area contributed by atoms with Crippen molar-refractivity contribution in [1.82, 2.24) is 19.7 Å². The molecule has 1 fully saturated rings. The molecule has 0 aliphatic heterocycles. The molecule has 6 nitrogen and oxygen atoms in total. The van der Waals surface area contributed by atoms with Crippen molar-refractivity contribution in [3.8, 4) is 5.82 Å². The van der Waals surface area contributed by atoms with Gasteiger partial charge in [0.1, 0.15) is 17.5 Å². The average molecular weight is 299 g/mol. The molecular weight excluding hydrogens is 285 g/mol. The molecule has 1 aromatic carbocycles. The molecule has 1 unspecified atom stereocenters. The Morgan fingerprint density at radius 2 is 2.18 bits per heavy atom. The zero-order valence-electron chi connectivity index (χ0n) is 11.7. The Kier molecular flexibility index (Phi) is 2.83. The van der Waals surface area contributed by atoms with Gasteiger partial charge in [-0.1, -0.05) is 0 Å². The zero-order chi connectivity index (χ0) is 15.3. The van der Waals surface area contributed by atoms with E-state index in [0.717, 1.165) is 12.8 Å². The third kappa shape index (κ3) is 2.01. The minimum atomic E-state index is -0.471. The second-order valence-electron chi connectivity index (χ2n) is 5.58. The van der Waals surface area contributed by atoms with E-state index in [1.54, 1.807) is 12.3 Å². The van der Waals surface area contributed by atoms with Crippen molar-refractivity contribution >= 4 is 10.9 Å². The fraction of sp³-hybridized carbons (Fsp3) is 0.267. The number of hydrogen-bond acceptors (Lipinski definition) is 4. The second kappa shape index (κ2) is 4.74. The summed E-state index contributed by atoms with van der Waals surface area (Å²) >= 11 is 0. The summed E-state index contributed by atoms with van der Waals surface area (Å²) in [5.74, 6) is 0.825. The molecule has 112 valence electrons. The number of hydrogen-bond donors (Lipinski definition) is 2. The summed E-state index contributed by atoms with van der Waals surface area (Å²) in [7, 11) is 0. The Morgan fingerprint density at radius 3 is 2.86 bits per heavy atom. The van der Waals surface area contributed by atoms with Crippen LogP contribution >= 0.6 is 0 Å². The third-order valence-electron chi connectivity index (χ3n) is 4.01. The number of halogens is 1. The number of nitrogens with one attached hydrogen (secondary N) is 1. The largest absolute Gasteiger partial charge is 0.321 e. The maximum Gasteiger partial charge on any atom is 0.267 e. The lowest BCUT2D eigenvalue weighted by Crippen LogP contribution is -2.29. The van der Waals surface area contributed by atoms with Crippen molar-refractivity contribution in [2.45, 2.75) is 18.9 Å². The summed E-state index contributed by atoms with van der Waals surface area (Å²) in [6, 6.07) is 5.33. The van der Waals surface area contributed by atoms with Crippen LogP contribution in [0.4, 0.5) is 4.39 Å². The van der Waals surface area contributed by atoms with Crippen LogP contribution in [0.2, 0.25) is 0 Å². The second-order valence-corrected chi connectivity index (χ2v) is 5.58. The van der Waals surface area contributed by atoms with Gasteiger partial charge in [-0.2, -0.15) is 5.10 Å². The first kappa shape index (κ1) is 13.1. The first-order chi connectivity index (χ1) is 10.6. The Morgan fingerprint density at radius 1 is 1.36 bits per heavy atom. The molecule has 2 aromatic heterocycles. The maximum atomic E-state index is 13.5. The van der Waals surface area contributed by atoms with Gasteiger partial charge < -0.3 is 5.73 Å². The number of H-pyrrole nitrogens is 1. The van der Waals surface area contributed by atoms with Gasteiger partial charge in [0.05, 0.1) is 23.1 Å². The normalized spacial score (nSPS) is 16.1. The van der Waals surface area contributed by atoms with Crippen LogP contribution in [0, 0.1) is 11.7 Å². The maximum absolute atomic E-state index is 13.5. The fourth-order valence-electron chi connectivity index (χ4n) is 2.67. The SMILES string of the molecule is NC(c1nc2ccc(F)cc2c(=O)n1-c1ccn[nH]1)C1CC1. The van der Waals surface area contributed by atoms with Gasteiger partial charge in [0.2, 0.25) is 0 Å². The summed E-state index contributed by atoms with van der Waals surface area (Å²) < 4.78 is 14.9. The van der Waals surface area contributed by atoms with Crippen molar-refractivity contribution in [1.29, 1.82) is 0 Å². The van der Waals surface area contributed by atoms with E-state index in [2.05, 4.69) is 15.2 Å². The molecule has 1 aliphatic rings. The van der Waals surface area contributed by atoms with Gasteiger partial charge in [-0.3, -0.25) is 9.89 Å². The highest BCUT2D eigenvalue weighted by Crippen LogP contribution is 2.39. The number of aromatic amines is 1. The van der Waals surface area contributed by atoms with Crippen molar-refractivity contribution in [2.75, 3.05) is 0 Å². The van der Waals surface area contributed by atoms with Crippen LogP contribution in [-0.4, -0.2) is 19.7 Å². The molecule has 4 rings (SSSR count). The predicted molar refractivity (Wildman–Crippen MR) is 79.1 cm³/mol. The van der Waals surface area contributed by atoms with Crippen molar-refractivity contribution in [3.63, 3.8) is 0 Å². The number of rotatable bonds is 3. The lowest BCUT2D eigenvalue weighted by atomic mass is 10.1. The third-order valence-corrected chi connectivity index (χ3v) is 4.01. The van der Waals surface area contributed by atoms with Crippen LogP contribution in [0.15, 0.2) is 35.3 Å². The van der Waals surface area contributed by atoms with E-state index >= 15 is 0 Å². The van der Waals surface area contributed by atoms with Crippen LogP contribution < -0.4 is 11.3 Å². The van der Waals surface area contributed by atoms with Crippen LogP contribution in [0.3, 0.4) is 0 Å². The molecule has 1 aliphatic carbocycles. The van der Waals surface area contributed by atoms with Crippen molar-refractivity contribution in [2.24, 2.45) is 11.7 Å². The van der Waals surface area contributed by atoms with Crippen LogP contribution in [0.25, 0.3) is 16.7 Å². The molecule has 3 N–H and O–H groups in total. The Bertz CT molecular complexity index is 898. The summed E-state index contributed by atoms with van der Waals surface area (Å²) in [6.45, 7) is 0. The summed E-state index contributed by atoms with van der Waals surface area (Å²) in [4.78, 5) is 17.3. The quantitative estimate of drug-likeness (QED) is 0.769. The summed E-state index contributed by atoms with van der Waals surface area (Å²) in [6.07, 6.45) is 3.60. The molecule has 0 saturated heterocycles. The van der Waals surface area contributed by atoms with Crippen molar-refractivity contribution in [3.05, 3.63) is 52.5 Å². The minimum absolute atomic E-state index is 0.223. The van der Waals surface area contributed by atoms with Gasteiger partial charge in [-0.25, -0.2) is 13.9 Å². The number of aromatic nitrogens is 4. The lowest BCUT2D eigenvalue weighted by Gasteiger charge is -2.16. The van der Waals surface area contributed by atoms with Gasteiger partial charge in [0.25, 0.3) is 5.56 Å². The zero-order valence-corrected chi connectivity index (χ0v) is 11.7. The Labute approximate surface area is 124 Å². The summed E-state index contributed by atoms with van der Waals surface area (Å²) in [5.41, 5.74) is 6.37. The van der Waals surface area contributed by atoms with Crippen LogP contribution in [0.1, 0.15) is 24.7 Å². The molecule has 0 amide bonds. The molecule has 7 heteroatoms. The van der Waals surface area contributed by atoms with E-state index in [0.29, 0.717) is 23.1 Å². The van der Waals surface area contributed by atoms with E-state index in [1.165, 1.54) is 22.8 Å². The molecule has 0 bridgehead atoms. The van der Waals surface area contributed by atoms with E-state index in [1.807, 2.05) is 0 Å². The molecule has 22 heavy (non-hydrogen) atoms. The lowest BCUT2D eigenvalue weighted by molar-refractivity contribution is 0.570. The van der Waals surface area contributed by atoms with Gasteiger partial charge in [0, 0.05) is 6.07 Å². The Balaban J connectivity index is 2.05. The average Bonchev–Trinajstić information content (AvgIpc) is 3.23. The number of nitrogens with two attached hydrogens (primary N) is 1. The van der Waals surface area contributed by atoms with Gasteiger partial charge >= 0.3 is 0 Å². The molecule has 1 atom stereocenters. The number of benzene rings is 1. The van der Waals surface area contributed by atoms with Gasteiger partial charge in [-0.05, 0) is 37.0 Å². The van der Waals surface area contributed by atoms with Crippen molar-refractivity contribution < 1.29 is 4.39 Å². The molecule has 1 saturated carbocycles. The van der Waals surface area contributed by atoms with E-state index in [9.17, 15) is 9.18 Å². The summed E-state index contributed by atoms with van der Waals surface area (Å²) in [5, 5.41) is 6.85. The topological polar surface area (TPSA) is 89.6 Å². The Hall–Kier alpha value is -2.54. The predicted octanol–water partition coefficient (Wildman–Crippen LogP) is 1.66. The smallest absolute Gasteiger partial charge is 0.267 e. The van der Waals surface area contributed by atoms with E-state index < -0.39 is 5.82 Å². The highest BCUT2D eigenvalue weighted by molar-refractivity contribution is 5.78. The monoisotopic (exact) mass is 299 g/mol. The highest BCUT2D eigenvalue weighted by atomic mass is 19.1. The van der Waals surface area contributed by atoms with Crippen LogP contribution in [0.5, 0.6) is 0 Å². The van der Waals surface area contributed by atoms with Gasteiger partial charge in [0.15, 0.2) is 0 Å². The molecule has 3 aromatic rings. The molecule has 0 spiro atoms. The molecule has 0 radical (unpaired) electrons. The number of fused-ring (bicyclic) bond motifs is 1. The standard InChI is InChI=1S/C15H14FN5O/c16-9-3-4-11-10(7-9)15(22)21(12-5-6-18-20-12)14(19-11)13(17)8-1-2-8/h3-8,13H,1-2,17H2,(H,18,20). The first-order valence-corrected chi connectivity index (χ1v) is 7.12. The number of nitrogens with zero attached hydrogens (tertiary/aromatic N) is 3. The van der Waals surface area contributed by atoms with E-state index in [-0.39, 0.29) is 17.0 Å². The molecule has 2 heterocycles. The fourth-order valence-corrected chi connectivity index (χ4v) is 2.67. The van der Waals surface area contributed by atoms with Crippen LogP contribution in [-0.2, 0) is 0 Å². The molecular formula is C15H14FN5O. The highest BCUT2D eigenvalue weighted by Gasteiger charge is 2.33. The first-order valence-electron chi connectivity index (χ1n) is 7.12. The minimum Gasteiger partial charge on any atom is -0.321 e.